The minimum absolute atomic E-state index is 0.112. The number of aryl methyl sites for hydroxylation is 1. The zero-order valence-corrected chi connectivity index (χ0v) is 13.9. The van der Waals surface area contributed by atoms with Crippen LogP contribution in [0, 0.1) is 6.92 Å². The zero-order chi connectivity index (χ0) is 17.2. The van der Waals surface area contributed by atoms with Crippen LogP contribution >= 0.6 is 0 Å². The monoisotopic (exact) mass is 330 g/mol. The Kier molecular flexibility index (Phi) is 3.90. The molecule has 0 fully saturated rings. The maximum Gasteiger partial charge on any atom is 0.278 e. The van der Waals surface area contributed by atoms with Crippen LogP contribution in [0.25, 0.3) is 0 Å². The molecule has 0 unspecified atom stereocenters. The number of carbonyl (C=O) groups is 1. The highest BCUT2D eigenvalue weighted by Gasteiger charge is 2.26. The number of fused-ring (bicyclic) bond motifs is 1. The van der Waals surface area contributed by atoms with E-state index in [1.165, 1.54) is 11.8 Å². The van der Waals surface area contributed by atoms with E-state index in [1.54, 1.807) is 11.1 Å². The molecular weight excluding hydrogens is 312 g/mol. The Labute approximate surface area is 146 Å². The Morgan fingerprint density at radius 1 is 1.08 bits per heavy atom. The molecule has 3 aromatic rings. The largest absolute Gasteiger partial charge is 0.339 e. The molecule has 5 nitrogen and oxygen atoms in total. The van der Waals surface area contributed by atoms with Gasteiger partial charge in [-0.05, 0) is 42.7 Å². The second-order valence-corrected chi connectivity index (χ2v) is 6.12. The van der Waals surface area contributed by atoms with Crippen LogP contribution in [0.3, 0.4) is 0 Å². The van der Waals surface area contributed by atoms with Gasteiger partial charge in [0.25, 0.3) is 5.91 Å². The second kappa shape index (κ2) is 6.36. The van der Waals surface area contributed by atoms with E-state index < -0.39 is 0 Å². The predicted molar refractivity (Wildman–Crippen MR) is 98.3 cm³/mol. The molecule has 1 aliphatic rings. The molecule has 2 aromatic carbocycles. The first-order valence-corrected chi connectivity index (χ1v) is 8.26. The Hall–Kier alpha value is -3.21. The maximum atomic E-state index is 12.7. The SMILES string of the molecule is Cc1cccc(Nc2cnc(C(=O)N3CCc4ccccc43)cn2)c1. The van der Waals surface area contributed by atoms with E-state index in [2.05, 4.69) is 21.4 Å². The summed E-state index contributed by atoms with van der Waals surface area (Å²) < 4.78 is 0. The van der Waals surface area contributed by atoms with E-state index in [9.17, 15) is 4.79 Å². The van der Waals surface area contributed by atoms with Crippen molar-refractivity contribution in [1.82, 2.24) is 9.97 Å². The normalized spacial score (nSPS) is 12.8. The number of para-hydroxylation sites is 1. The smallest absolute Gasteiger partial charge is 0.278 e. The summed E-state index contributed by atoms with van der Waals surface area (Å²) >= 11 is 0. The molecule has 1 aromatic heterocycles. The number of rotatable bonds is 3. The van der Waals surface area contributed by atoms with Crippen molar-refractivity contribution in [3.63, 3.8) is 0 Å². The van der Waals surface area contributed by atoms with E-state index in [0.29, 0.717) is 18.1 Å². The molecule has 25 heavy (non-hydrogen) atoms. The summed E-state index contributed by atoms with van der Waals surface area (Å²) in [6.45, 7) is 2.72. The molecule has 4 rings (SSSR count). The van der Waals surface area contributed by atoms with Gasteiger partial charge in [0, 0.05) is 17.9 Å². The van der Waals surface area contributed by atoms with Crippen molar-refractivity contribution >= 4 is 23.1 Å². The highest BCUT2D eigenvalue weighted by molar-refractivity contribution is 6.05. The minimum Gasteiger partial charge on any atom is -0.339 e. The van der Waals surface area contributed by atoms with Crippen LogP contribution in [0.2, 0.25) is 0 Å². The van der Waals surface area contributed by atoms with Crippen LogP contribution in [0.1, 0.15) is 21.6 Å². The molecule has 0 radical (unpaired) electrons. The second-order valence-electron chi connectivity index (χ2n) is 6.12. The average Bonchev–Trinajstić information content (AvgIpc) is 3.06. The lowest BCUT2D eigenvalue weighted by atomic mass is 10.2. The van der Waals surface area contributed by atoms with Crippen molar-refractivity contribution in [1.29, 1.82) is 0 Å². The highest BCUT2D eigenvalue weighted by Crippen LogP contribution is 2.28. The maximum absolute atomic E-state index is 12.7. The number of aromatic nitrogens is 2. The summed E-state index contributed by atoms with van der Waals surface area (Å²) in [5, 5.41) is 3.20. The lowest BCUT2D eigenvalue weighted by Gasteiger charge is -2.16. The number of benzene rings is 2. The van der Waals surface area contributed by atoms with E-state index >= 15 is 0 Å². The quantitative estimate of drug-likeness (QED) is 0.795. The van der Waals surface area contributed by atoms with E-state index in [4.69, 9.17) is 0 Å². The van der Waals surface area contributed by atoms with E-state index in [-0.39, 0.29) is 5.91 Å². The molecule has 0 spiro atoms. The van der Waals surface area contributed by atoms with Gasteiger partial charge < -0.3 is 10.2 Å². The molecule has 1 amide bonds. The van der Waals surface area contributed by atoms with Gasteiger partial charge in [-0.3, -0.25) is 4.79 Å². The Bertz CT molecular complexity index is 921. The van der Waals surface area contributed by atoms with Crippen molar-refractivity contribution in [2.75, 3.05) is 16.8 Å². The molecule has 0 saturated carbocycles. The summed E-state index contributed by atoms with van der Waals surface area (Å²) in [5.41, 5.74) is 4.63. The van der Waals surface area contributed by atoms with Crippen molar-refractivity contribution in [2.24, 2.45) is 0 Å². The van der Waals surface area contributed by atoms with Gasteiger partial charge in [0.1, 0.15) is 11.5 Å². The number of nitrogens with one attached hydrogen (secondary N) is 1. The van der Waals surface area contributed by atoms with Crippen molar-refractivity contribution in [3.05, 3.63) is 77.7 Å². The van der Waals surface area contributed by atoms with Crippen molar-refractivity contribution < 1.29 is 4.79 Å². The summed E-state index contributed by atoms with van der Waals surface area (Å²) in [5.74, 6) is 0.503. The number of anilines is 3. The van der Waals surface area contributed by atoms with Crippen LogP contribution < -0.4 is 10.2 Å². The molecule has 1 aliphatic heterocycles. The molecule has 2 heterocycles. The number of nitrogens with zero attached hydrogens (tertiary/aromatic N) is 3. The molecule has 0 saturated heterocycles. The third-order valence-corrected chi connectivity index (χ3v) is 4.29. The number of amides is 1. The summed E-state index contributed by atoms with van der Waals surface area (Å²) in [7, 11) is 0. The van der Waals surface area contributed by atoms with Crippen LogP contribution in [0.5, 0.6) is 0 Å². The Morgan fingerprint density at radius 3 is 2.76 bits per heavy atom. The van der Waals surface area contributed by atoms with Crippen molar-refractivity contribution in [2.45, 2.75) is 13.3 Å². The van der Waals surface area contributed by atoms with Gasteiger partial charge in [0.2, 0.25) is 0 Å². The van der Waals surface area contributed by atoms with Gasteiger partial charge in [0.05, 0.1) is 12.4 Å². The molecule has 5 heteroatoms. The van der Waals surface area contributed by atoms with E-state index in [0.717, 1.165) is 23.4 Å². The molecule has 0 atom stereocenters. The topological polar surface area (TPSA) is 58.1 Å². The molecule has 0 bridgehead atoms. The lowest BCUT2D eigenvalue weighted by molar-refractivity contribution is 0.0984. The van der Waals surface area contributed by atoms with Crippen molar-refractivity contribution in [3.8, 4) is 0 Å². The number of hydrogen-bond donors (Lipinski definition) is 1. The van der Waals surface area contributed by atoms with Gasteiger partial charge >= 0.3 is 0 Å². The zero-order valence-electron chi connectivity index (χ0n) is 13.9. The fourth-order valence-electron chi connectivity index (χ4n) is 3.06. The van der Waals surface area contributed by atoms with Gasteiger partial charge in [-0.25, -0.2) is 9.97 Å². The summed E-state index contributed by atoms with van der Waals surface area (Å²) in [4.78, 5) is 23.1. The average molecular weight is 330 g/mol. The molecule has 1 N–H and O–H groups in total. The standard InChI is InChI=1S/C20H18N4O/c1-14-5-4-7-16(11-14)23-19-13-21-17(12-22-19)20(25)24-10-9-15-6-2-3-8-18(15)24/h2-8,11-13H,9-10H2,1H3,(H,22,23). The van der Waals surface area contributed by atoms with Crippen LogP contribution in [0.15, 0.2) is 60.9 Å². The van der Waals surface area contributed by atoms with Crippen LogP contribution in [0.4, 0.5) is 17.2 Å². The van der Waals surface area contributed by atoms with Gasteiger partial charge in [-0.2, -0.15) is 0 Å². The molecule has 0 aliphatic carbocycles. The van der Waals surface area contributed by atoms with Crippen LogP contribution in [-0.2, 0) is 6.42 Å². The minimum atomic E-state index is -0.112. The summed E-state index contributed by atoms with van der Waals surface area (Å²) in [6.07, 6.45) is 4.00. The molecular formula is C20H18N4O. The summed E-state index contributed by atoms with van der Waals surface area (Å²) in [6, 6.07) is 16.0. The predicted octanol–water partition coefficient (Wildman–Crippen LogP) is 3.73. The Balaban J connectivity index is 1.52. The first-order chi connectivity index (χ1) is 12.2. The molecule has 124 valence electrons. The number of carbonyl (C=O) groups excluding carboxylic acids is 1. The first-order valence-electron chi connectivity index (χ1n) is 8.26. The van der Waals surface area contributed by atoms with E-state index in [1.807, 2.05) is 49.4 Å². The first kappa shape index (κ1) is 15.3. The van der Waals surface area contributed by atoms with Crippen LogP contribution in [-0.4, -0.2) is 22.4 Å². The van der Waals surface area contributed by atoms with Gasteiger partial charge in [-0.1, -0.05) is 30.3 Å². The third kappa shape index (κ3) is 3.08. The highest BCUT2D eigenvalue weighted by atomic mass is 16.2. The fourth-order valence-corrected chi connectivity index (χ4v) is 3.06. The third-order valence-electron chi connectivity index (χ3n) is 4.29. The Morgan fingerprint density at radius 2 is 1.96 bits per heavy atom. The fraction of sp³-hybridized carbons (Fsp3) is 0.150. The lowest BCUT2D eigenvalue weighted by Crippen LogP contribution is -2.29. The van der Waals surface area contributed by atoms with Gasteiger partial charge in [0.15, 0.2) is 0 Å². The number of hydrogen-bond acceptors (Lipinski definition) is 4. The van der Waals surface area contributed by atoms with Gasteiger partial charge in [-0.15, -0.1) is 0 Å².